The van der Waals surface area contributed by atoms with Crippen LogP contribution in [0.15, 0.2) is 30.3 Å². The summed E-state index contributed by atoms with van der Waals surface area (Å²) in [6.45, 7) is 2.10. The van der Waals surface area contributed by atoms with E-state index in [1.165, 1.54) is 4.90 Å². The lowest BCUT2D eigenvalue weighted by atomic mass is 9.77. The van der Waals surface area contributed by atoms with Crippen LogP contribution in [0.4, 0.5) is 10.5 Å². The Morgan fingerprint density at radius 1 is 1.29 bits per heavy atom. The summed E-state index contributed by atoms with van der Waals surface area (Å²) in [6, 6.07) is 7.57. The molecule has 0 radical (unpaired) electrons. The number of nitrogens with two attached hydrogens (primary N) is 1. The van der Waals surface area contributed by atoms with E-state index in [0.717, 1.165) is 12.8 Å². The van der Waals surface area contributed by atoms with E-state index in [9.17, 15) is 19.2 Å². The van der Waals surface area contributed by atoms with Crippen LogP contribution in [-0.4, -0.2) is 54.0 Å². The molecular formula is C22H28N4O5. The third-order valence-corrected chi connectivity index (χ3v) is 6.33. The van der Waals surface area contributed by atoms with Crippen LogP contribution in [0, 0.1) is 5.92 Å². The first-order chi connectivity index (χ1) is 14.9. The number of hydrogen-bond donors (Lipinski definition) is 3. The fourth-order valence-electron chi connectivity index (χ4n) is 4.72. The maximum absolute atomic E-state index is 13.3. The number of amides is 3. The van der Waals surface area contributed by atoms with Crippen molar-refractivity contribution in [3.05, 3.63) is 30.3 Å². The summed E-state index contributed by atoms with van der Waals surface area (Å²) in [6.07, 6.45) is 2.34. The molecule has 4 atom stereocenters. The molecule has 1 saturated carbocycles. The van der Waals surface area contributed by atoms with Gasteiger partial charge in [-0.1, -0.05) is 31.5 Å². The molecule has 4 rings (SSSR count). The fourth-order valence-corrected chi connectivity index (χ4v) is 4.72. The van der Waals surface area contributed by atoms with Gasteiger partial charge in [-0.25, -0.2) is 4.79 Å². The Balaban J connectivity index is 1.74. The second kappa shape index (κ2) is 8.30. The van der Waals surface area contributed by atoms with Gasteiger partial charge in [-0.15, -0.1) is 0 Å². The molecule has 0 aromatic heterocycles. The van der Waals surface area contributed by atoms with E-state index in [-0.39, 0.29) is 19.0 Å². The second-order valence-corrected chi connectivity index (χ2v) is 8.63. The Morgan fingerprint density at radius 2 is 2.00 bits per heavy atom. The van der Waals surface area contributed by atoms with Crippen LogP contribution < -0.4 is 21.3 Å². The molecule has 2 aliphatic heterocycles. The highest BCUT2D eigenvalue weighted by Gasteiger charge is 2.62. The number of nitrogens with one attached hydrogen (secondary N) is 2. The average Bonchev–Trinajstić information content (AvgIpc) is 3.39. The SMILES string of the molecule is CCC[C@H](C(=O)C(=O)NC1CC1)C1N(c2ccccc2)C(=O)OC12CNC(C(N)=O)C2. The van der Waals surface area contributed by atoms with Crippen molar-refractivity contribution in [3.63, 3.8) is 0 Å². The summed E-state index contributed by atoms with van der Waals surface area (Å²) in [4.78, 5) is 52.3. The molecule has 2 saturated heterocycles. The van der Waals surface area contributed by atoms with Crippen LogP contribution in [0.3, 0.4) is 0 Å². The number of carbonyl (C=O) groups is 4. The van der Waals surface area contributed by atoms with Gasteiger partial charge >= 0.3 is 6.09 Å². The van der Waals surface area contributed by atoms with Crippen LogP contribution in [-0.2, 0) is 19.1 Å². The molecule has 4 N–H and O–H groups in total. The van der Waals surface area contributed by atoms with Crippen molar-refractivity contribution in [1.82, 2.24) is 10.6 Å². The van der Waals surface area contributed by atoms with Crippen molar-refractivity contribution in [2.45, 2.75) is 62.8 Å². The van der Waals surface area contributed by atoms with E-state index in [1.807, 2.05) is 13.0 Å². The molecule has 1 aromatic rings. The van der Waals surface area contributed by atoms with Gasteiger partial charge in [-0.3, -0.25) is 19.3 Å². The lowest BCUT2D eigenvalue weighted by Gasteiger charge is -2.36. The topological polar surface area (TPSA) is 131 Å². The molecule has 9 nitrogen and oxygen atoms in total. The summed E-state index contributed by atoms with van der Waals surface area (Å²) in [5, 5.41) is 5.79. The van der Waals surface area contributed by atoms with Crippen molar-refractivity contribution in [2.75, 3.05) is 11.4 Å². The Bertz CT molecular complexity index is 887. The first-order valence-corrected chi connectivity index (χ1v) is 10.8. The lowest BCUT2D eigenvalue weighted by molar-refractivity contribution is -0.141. The first kappa shape index (κ1) is 21.3. The molecule has 0 bridgehead atoms. The summed E-state index contributed by atoms with van der Waals surface area (Å²) in [5.41, 5.74) is 4.93. The fraction of sp³-hybridized carbons (Fsp3) is 0.545. The highest BCUT2D eigenvalue weighted by atomic mass is 16.6. The zero-order valence-electron chi connectivity index (χ0n) is 17.5. The Kier molecular flexibility index (Phi) is 5.70. The van der Waals surface area contributed by atoms with Crippen molar-refractivity contribution in [1.29, 1.82) is 0 Å². The van der Waals surface area contributed by atoms with Gasteiger partial charge in [0, 0.05) is 24.7 Å². The van der Waals surface area contributed by atoms with Crippen LogP contribution in [0.25, 0.3) is 0 Å². The number of ether oxygens (including phenoxy) is 1. The highest BCUT2D eigenvalue weighted by molar-refractivity contribution is 6.37. The van der Waals surface area contributed by atoms with E-state index in [2.05, 4.69) is 10.6 Å². The van der Waals surface area contributed by atoms with Crippen molar-refractivity contribution < 1.29 is 23.9 Å². The average molecular weight is 428 g/mol. The summed E-state index contributed by atoms with van der Waals surface area (Å²) in [5.74, 6) is -2.50. The van der Waals surface area contributed by atoms with Gasteiger partial charge in [0.25, 0.3) is 5.91 Å². The number of rotatable bonds is 8. The number of ketones is 1. The minimum Gasteiger partial charge on any atom is -0.439 e. The molecule has 31 heavy (non-hydrogen) atoms. The Hall–Kier alpha value is -2.94. The van der Waals surface area contributed by atoms with E-state index in [4.69, 9.17) is 10.5 Å². The van der Waals surface area contributed by atoms with Gasteiger partial charge in [0.2, 0.25) is 11.7 Å². The van der Waals surface area contributed by atoms with E-state index in [1.54, 1.807) is 24.3 Å². The largest absolute Gasteiger partial charge is 0.439 e. The number of primary amides is 1. The smallest absolute Gasteiger partial charge is 0.415 e. The minimum atomic E-state index is -1.14. The third-order valence-electron chi connectivity index (χ3n) is 6.33. The number of para-hydroxylation sites is 1. The molecule has 3 fully saturated rings. The molecule has 166 valence electrons. The molecule has 1 spiro atoms. The molecule has 2 heterocycles. The molecule has 9 heteroatoms. The summed E-state index contributed by atoms with van der Waals surface area (Å²) >= 11 is 0. The number of anilines is 1. The molecular weight excluding hydrogens is 400 g/mol. The van der Waals surface area contributed by atoms with Gasteiger partial charge in [-0.2, -0.15) is 0 Å². The number of carbonyl (C=O) groups excluding carboxylic acids is 4. The van der Waals surface area contributed by atoms with Crippen molar-refractivity contribution in [2.24, 2.45) is 11.7 Å². The van der Waals surface area contributed by atoms with E-state index < -0.39 is 47.3 Å². The quantitative estimate of drug-likeness (QED) is 0.527. The monoisotopic (exact) mass is 428 g/mol. The van der Waals surface area contributed by atoms with E-state index >= 15 is 0 Å². The summed E-state index contributed by atoms with van der Waals surface area (Å²) in [7, 11) is 0. The Morgan fingerprint density at radius 3 is 2.58 bits per heavy atom. The molecule has 1 aromatic carbocycles. The third kappa shape index (κ3) is 4.01. The van der Waals surface area contributed by atoms with Crippen molar-refractivity contribution >= 4 is 29.4 Å². The second-order valence-electron chi connectivity index (χ2n) is 8.63. The normalized spacial score (nSPS) is 28.4. The van der Waals surface area contributed by atoms with Crippen LogP contribution in [0.2, 0.25) is 0 Å². The molecule has 3 unspecified atom stereocenters. The van der Waals surface area contributed by atoms with Crippen molar-refractivity contribution in [3.8, 4) is 0 Å². The zero-order chi connectivity index (χ0) is 22.2. The van der Waals surface area contributed by atoms with Gasteiger partial charge < -0.3 is 21.1 Å². The maximum Gasteiger partial charge on any atom is 0.415 e. The maximum atomic E-state index is 13.3. The Labute approximate surface area is 180 Å². The van der Waals surface area contributed by atoms with Gasteiger partial charge in [0.05, 0.1) is 18.0 Å². The van der Waals surface area contributed by atoms with Crippen LogP contribution in [0.1, 0.15) is 39.0 Å². The molecule has 3 amide bonds. The van der Waals surface area contributed by atoms with Gasteiger partial charge in [-0.05, 0) is 31.4 Å². The van der Waals surface area contributed by atoms with Crippen LogP contribution in [0.5, 0.6) is 0 Å². The van der Waals surface area contributed by atoms with Gasteiger partial charge in [0.1, 0.15) is 5.60 Å². The first-order valence-electron chi connectivity index (χ1n) is 10.8. The number of benzene rings is 1. The molecule has 3 aliphatic rings. The number of nitrogens with zero attached hydrogens (tertiary/aromatic N) is 1. The minimum absolute atomic E-state index is 0.0479. The standard InChI is InChI=1S/C22H28N4O5/c1-2-6-15(17(27)20(29)25-13-9-10-13)18-22(11-16(19(23)28)24-12-22)31-21(30)26(18)14-7-4-3-5-8-14/h3-5,7-8,13,15-16,18,24H,2,6,9-12H2,1H3,(H2,23,28)(H,25,29)/t15-,16?,18?,22?/m1/s1. The predicted molar refractivity (Wildman–Crippen MR) is 112 cm³/mol. The predicted octanol–water partition coefficient (Wildman–Crippen LogP) is 0.862. The zero-order valence-corrected chi connectivity index (χ0v) is 17.5. The number of hydrogen-bond acceptors (Lipinski definition) is 6. The molecule has 1 aliphatic carbocycles. The highest BCUT2D eigenvalue weighted by Crippen LogP contribution is 2.44. The summed E-state index contributed by atoms with van der Waals surface area (Å²) < 4.78 is 5.85. The van der Waals surface area contributed by atoms with Gasteiger partial charge in [0.15, 0.2) is 0 Å². The lowest BCUT2D eigenvalue weighted by Crippen LogP contribution is -2.55. The number of Topliss-reactive ketones (excluding diaryl/α,β-unsaturated/α-hetero) is 1. The van der Waals surface area contributed by atoms with Crippen LogP contribution >= 0.6 is 0 Å². The van der Waals surface area contributed by atoms with E-state index in [0.29, 0.717) is 18.5 Å².